The van der Waals surface area contributed by atoms with E-state index in [0.717, 1.165) is 17.5 Å². The molecule has 128 valence electrons. The van der Waals surface area contributed by atoms with Crippen LogP contribution >= 0.6 is 0 Å². The first-order valence-corrected chi connectivity index (χ1v) is 8.69. The van der Waals surface area contributed by atoms with E-state index in [-0.39, 0.29) is 25.1 Å². The standard InChI is InChI=1S/C19H25N3O2/c1-14(17-7-6-16-4-2-3-5-18(16)10-17)21-19(24)13-22-12-15(8-9-23)11-20-22/h6-7,10-12,14,23H,2-5,8-9,13H2,1H3,(H,21,24). The molecule has 0 saturated carbocycles. The molecule has 0 radical (unpaired) electrons. The maximum absolute atomic E-state index is 12.2. The summed E-state index contributed by atoms with van der Waals surface area (Å²) in [5.41, 5.74) is 4.98. The Morgan fingerprint density at radius 3 is 2.92 bits per heavy atom. The van der Waals surface area contributed by atoms with Gasteiger partial charge in [-0.2, -0.15) is 5.10 Å². The Morgan fingerprint density at radius 1 is 1.33 bits per heavy atom. The zero-order valence-electron chi connectivity index (χ0n) is 14.2. The molecule has 1 aliphatic rings. The molecule has 24 heavy (non-hydrogen) atoms. The topological polar surface area (TPSA) is 67.2 Å². The van der Waals surface area contributed by atoms with Crippen LogP contribution in [0, 0.1) is 0 Å². The van der Waals surface area contributed by atoms with Crippen molar-refractivity contribution in [3.63, 3.8) is 0 Å². The van der Waals surface area contributed by atoms with Crippen LogP contribution in [0.25, 0.3) is 0 Å². The molecule has 3 rings (SSSR count). The molecule has 1 amide bonds. The maximum atomic E-state index is 12.2. The van der Waals surface area contributed by atoms with Crippen LogP contribution in [0.3, 0.4) is 0 Å². The number of fused-ring (bicyclic) bond motifs is 1. The monoisotopic (exact) mass is 327 g/mol. The smallest absolute Gasteiger partial charge is 0.242 e. The van der Waals surface area contributed by atoms with Crippen LogP contribution in [-0.2, 0) is 30.6 Å². The molecule has 1 heterocycles. The van der Waals surface area contributed by atoms with Gasteiger partial charge in [0.25, 0.3) is 0 Å². The number of rotatable bonds is 6. The van der Waals surface area contributed by atoms with E-state index in [1.54, 1.807) is 17.1 Å². The first-order valence-electron chi connectivity index (χ1n) is 8.69. The molecular formula is C19H25N3O2. The lowest BCUT2D eigenvalue weighted by Crippen LogP contribution is -2.30. The third kappa shape index (κ3) is 4.03. The van der Waals surface area contributed by atoms with Gasteiger partial charge in [0.15, 0.2) is 0 Å². The number of amides is 1. The average molecular weight is 327 g/mol. The van der Waals surface area contributed by atoms with Crippen molar-refractivity contribution in [3.8, 4) is 0 Å². The Kier molecular flexibility index (Phi) is 5.30. The number of hydrogen-bond donors (Lipinski definition) is 2. The summed E-state index contributed by atoms with van der Waals surface area (Å²) < 4.78 is 1.61. The Labute approximate surface area is 142 Å². The van der Waals surface area contributed by atoms with Gasteiger partial charge in [0.1, 0.15) is 6.54 Å². The molecule has 0 fully saturated rings. The predicted octanol–water partition coefficient (Wildman–Crippen LogP) is 2.17. The molecule has 1 aliphatic carbocycles. The van der Waals surface area contributed by atoms with Crippen molar-refractivity contribution in [1.29, 1.82) is 0 Å². The zero-order valence-corrected chi connectivity index (χ0v) is 14.2. The molecule has 2 aromatic rings. The van der Waals surface area contributed by atoms with Gasteiger partial charge in [-0.05, 0) is 61.3 Å². The van der Waals surface area contributed by atoms with Crippen LogP contribution in [0.1, 0.15) is 48.1 Å². The molecule has 5 nitrogen and oxygen atoms in total. The first kappa shape index (κ1) is 16.7. The molecule has 1 aromatic heterocycles. The summed E-state index contributed by atoms with van der Waals surface area (Å²) >= 11 is 0. The first-order chi connectivity index (χ1) is 11.7. The fourth-order valence-electron chi connectivity index (χ4n) is 3.29. The van der Waals surface area contributed by atoms with Crippen molar-refractivity contribution in [2.24, 2.45) is 0 Å². The summed E-state index contributed by atoms with van der Waals surface area (Å²) in [7, 11) is 0. The number of carbonyl (C=O) groups excluding carboxylic acids is 1. The molecule has 2 N–H and O–H groups in total. The number of hydrogen-bond acceptors (Lipinski definition) is 3. The van der Waals surface area contributed by atoms with E-state index in [4.69, 9.17) is 5.11 Å². The van der Waals surface area contributed by atoms with Crippen LogP contribution in [0.4, 0.5) is 0 Å². The van der Waals surface area contributed by atoms with Crippen LogP contribution < -0.4 is 5.32 Å². The van der Waals surface area contributed by atoms with E-state index in [2.05, 4.69) is 28.6 Å². The lowest BCUT2D eigenvalue weighted by molar-refractivity contribution is -0.122. The van der Waals surface area contributed by atoms with Crippen molar-refractivity contribution in [2.45, 2.75) is 51.6 Å². The summed E-state index contributed by atoms with van der Waals surface area (Å²) in [6.07, 6.45) is 8.91. The summed E-state index contributed by atoms with van der Waals surface area (Å²) in [4.78, 5) is 12.2. The van der Waals surface area contributed by atoms with Gasteiger partial charge >= 0.3 is 0 Å². The molecule has 0 saturated heterocycles. The number of benzene rings is 1. The fourth-order valence-corrected chi connectivity index (χ4v) is 3.29. The van der Waals surface area contributed by atoms with E-state index >= 15 is 0 Å². The molecule has 1 atom stereocenters. The number of carbonyl (C=O) groups is 1. The van der Waals surface area contributed by atoms with Gasteiger partial charge in [-0.15, -0.1) is 0 Å². The van der Waals surface area contributed by atoms with E-state index < -0.39 is 0 Å². The number of aliphatic hydroxyl groups is 1. The Balaban J connectivity index is 1.59. The number of nitrogens with one attached hydrogen (secondary N) is 1. The quantitative estimate of drug-likeness (QED) is 0.854. The third-order valence-corrected chi connectivity index (χ3v) is 4.64. The molecule has 1 unspecified atom stereocenters. The molecule has 1 aromatic carbocycles. The maximum Gasteiger partial charge on any atom is 0.242 e. The van der Waals surface area contributed by atoms with Gasteiger partial charge in [-0.25, -0.2) is 0 Å². The minimum Gasteiger partial charge on any atom is -0.396 e. The van der Waals surface area contributed by atoms with Gasteiger partial charge in [0, 0.05) is 12.8 Å². The lowest BCUT2D eigenvalue weighted by atomic mass is 9.89. The van der Waals surface area contributed by atoms with Crippen molar-refractivity contribution in [2.75, 3.05) is 6.61 Å². The highest BCUT2D eigenvalue weighted by Gasteiger charge is 2.14. The number of aromatic nitrogens is 2. The molecular weight excluding hydrogens is 302 g/mol. The summed E-state index contributed by atoms with van der Waals surface area (Å²) in [6, 6.07) is 6.56. The SMILES string of the molecule is CC(NC(=O)Cn1cc(CCO)cn1)c1ccc2c(c1)CCCC2. The van der Waals surface area contributed by atoms with Crippen LogP contribution in [0.15, 0.2) is 30.6 Å². The van der Waals surface area contributed by atoms with E-state index in [0.29, 0.717) is 6.42 Å². The highest BCUT2D eigenvalue weighted by molar-refractivity contribution is 5.76. The average Bonchev–Trinajstić information content (AvgIpc) is 3.01. The van der Waals surface area contributed by atoms with E-state index in [1.165, 1.54) is 30.4 Å². The second-order valence-electron chi connectivity index (χ2n) is 6.54. The second kappa shape index (κ2) is 7.62. The molecule has 0 spiro atoms. The number of aliphatic hydroxyl groups excluding tert-OH is 1. The Bertz CT molecular complexity index is 708. The van der Waals surface area contributed by atoms with Crippen molar-refractivity contribution in [1.82, 2.24) is 15.1 Å². The highest BCUT2D eigenvalue weighted by Crippen LogP contribution is 2.24. The Hall–Kier alpha value is -2.14. The third-order valence-electron chi connectivity index (χ3n) is 4.64. The molecule has 0 bridgehead atoms. The minimum atomic E-state index is -0.0566. The van der Waals surface area contributed by atoms with E-state index in [1.807, 2.05) is 6.92 Å². The van der Waals surface area contributed by atoms with Crippen molar-refractivity contribution >= 4 is 5.91 Å². The summed E-state index contributed by atoms with van der Waals surface area (Å²) in [5.74, 6) is -0.0566. The van der Waals surface area contributed by atoms with Gasteiger partial charge in [-0.1, -0.05) is 18.2 Å². The fraction of sp³-hybridized carbons (Fsp3) is 0.474. The second-order valence-corrected chi connectivity index (χ2v) is 6.54. The summed E-state index contributed by atoms with van der Waals surface area (Å²) in [6.45, 7) is 2.30. The highest BCUT2D eigenvalue weighted by atomic mass is 16.3. The van der Waals surface area contributed by atoms with Gasteiger partial charge in [0.05, 0.1) is 12.2 Å². The van der Waals surface area contributed by atoms with Crippen LogP contribution in [-0.4, -0.2) is 27.4 Å². The predicted molar refractivity (Wildman–Crippen MR) is 92.7 cm³/mol. The van der Waals surface area contributed by atoms with E-state index in [9.17, 15) is 4.79 Å². The summed E-state index contributed by atoms with van der Waals surface area (Å²) in [5, 5.41) is 16.1. The largest absolute Gasteiger partial charge is 0.396 e. The van der Waals surface area contributed by atoms with Crippen molar-refractivity contribution < 1.29 is 9.90 Å². The number of aryl methyl sites for hydroxylation is 2. The zero-order chi connectivity index (χ0) is 16.9. The van der Waals surface area contributed by atoms with Gasteiger partial charge < -0.3 is 10.4 Å². The van der Waals surface area contributed by atoms with Crippen molar-refractivity contribution in [3.05, 3.63) is 52.8 Å². The molecule has 5 heteroatoms. The minimum absolute atomic E-state index is 0.0165. The number of nitrogens with zero attached hydrogens (tertiary/aromatic N) is 2. The normalized spacial score (nSPS) is 14.9. The Morgan fingerprint density at radius 2 is 2.12 bits per heavy atom. The lowest BCUT2D eigenvalue weighted by Gasteiger charge is -2.20. The van der Waals surface area contributed by atoms with Crippen LogP contribution in [0.5, 0.6) is 0 Å². The molecule has 0 aliphatic heterocycles. The van der Waals surface area contributed by atoms with Gasteiger partial charge in [0.2, 0.25) is 5.91 Å². The van der Waals surface area contributed by atoms with Crippen LogP contribution in [0.2, 0.25) is 0 Å². The van der Waals surface area contributed by atoms with Gasteiger partial charge in [-0.3, -0.25) is 9.48 Å².